The van der Waals surface area contributed by atoms with Gasteiger partial charge in [-0.25, -0.2) is 0 Å². The molecule has 6 nitrogen and oxygen atoms in total. The van der Waals surface area contributed by atoms with Gasteiger partial charge in [-0.3, -0.25) is 14.4 Å². The third-order valence-electron chi connectivity index (χ3n) is 4.23. The molecular formula is C17H22N2O4. The van der Waals surface area contributed by atoms with Crippen LogP contribution in [-0.4, -0.2) is 36.0 Å². The Morgan fingerprint density at radius 2 is 1.65 bits per heavy atom. The minimum Gasteiger partial charge on any atom is -0.481 e. The van der Waals surface area contributed by atoms with Gasteiger partial charge in [-0.1, -0.05) is 18.2 Å². The van der Waals surface area contributed by atoms with Gasteiger partial charge in [0.25, 0.3) is 5.91 Å². The van der Waals surface area contributed by atoms with E-state index >= 15 is 0 Å². The number of carboxylic acid groups (broad SMARTS) is 1. The molecule has 1 aliphatic rings. The molecule has 1 fully saturated rings. The van der Waals surface area contributed by atoms with Gasteiger partial charge in [0.1, 0.15) is 0 Å². The van der Waals surface area contributed by atoms with Gasteiger partial charge in [0.2, 0.25) is 5.91 Å². The second-order valence-electron chi connectivity index (χ2n) is 5.91. The van der Waals surface area contributed by atoms with Crippen LogP contribution in [0.4, 0.5) is 0 Å². The van der Waals surface area contributed by atoms with E-state index in [4.69, 9.17) is 5.11 Å². The van der Waals surface area contributed by atoms with E-state index in [-0.39, 0.29) is 24.3 Å². The van der Waals surface area contributed by atoms with Gasteiger partial charge in [0, 0.05) is 12.1 Å². The van der Waals surface area contributed by atoms with Crippen LogP contribution >= 0.6 is 0 Å². The minimum absolute atomic E-state index is 0.0573. The lowest BCUT2D eigenvalue weighted by Gasteiger charge is -2.26. The summed E-state index contributed by atoms with van der Waals surface area (Å²) in [6, 6.07) is 8.73. The van der Waals surface area contributed by atoms with E-state index in [0.29, 0.717) is 30.9 Å². The quantitative estimate of drug-likeness (QED) is 0.739. The molecule has 0 heterocycles. The van der Waals surface area contributed by atoms with Crippen LogP contribution in [0.15, 0.2) is 30.3 Å². The Balaban J connectivity index is 1.64. The second kappa shape index (κ2) is 8.31. The Hall–Kier alpha value is -2.37. The lowest BCUT2D eigenvalue weighted by Crippen LogP contribution is -2.39. The van der Waals surface area contributed by atoms with Gasteiger partial charge in [-0.05, 0) is 43.7 Å². The molecule has 0 atom stereocenters. The molecule has 1 aliphatic carbocycles. The minimum atomic E-state index is -0.726. The molecule has 2 amide bonds. The molecule has 0 radical (unpaired) electrons. The van der Waals surface area contributed by atoms with E-state index in [1.54, 1.807) is 24.3 Å². The Morgan fingerprint density at radius 3 is 2.26 bits per heavy atom. The van der Waals surface area contributed by atoms with E-state index in [9.17, 15) is 14.4 Å². The number of carboxylic acids is 1. The summed E-state index contributed by atoms with van der Waals surface area (Å²) in [6.07, 6.45) is 2.96. The summed E-state index contributed by atoms with van der Waals surface area (Å²) in [5, 5.41) is 14.3. The summed E-state index contributed by atoms with van der Waals surface area (Å²) < 4.78 is 0. The lowest BCUT2D eigenvalue weighted by atomic mass is 9.82. The summed E-state index contributed by atoms with van der Waals surface area (Å²) in [6.45, 7) is 0.477. The normalized spacial score (nSPS) is 20.5. The van der Waals surface area contributed by atoms with Crippen LogP contribution in [0.25, 0.3) is 0 Å². The molecule has 2 rings (SSSR count). The van der Waals surface area contributed by atoms with Crippen molar-refractivity contribution in [2.75, 3.05) is 13.1 Å². The van der Waals surface area contributed by atoms with Crippen molar-refractivity contribution in [3.05, 3.63) is 35.9 Å². The molecular weight excluding hydrogens is 296 g/mol. The average molecular weight is 318 g/mol. The van der Waals surface area contributed by atoms with Crippen molar-refractivity contribution in [2.24, 2.45) is 11.8 Å². The smallest absolute Gasteiger partial charge is 0.306 e. The molecule has 1 aromatic rings. The monoisotopic (exact) mass is 318 g/mol. The van der Waals surface area contributed by atoms with Crippen LogP contribution in [0.5, 0.6) is 0 Å². The molecule has 0 aliphatic heterocycles. The van der Waals surface area contributed by atoms with Crippen LogP contribution in [0.3, 0.4) is 0 Å². The van der Waals surface area contributed by atoms with Crippen LogP contribution in [0, 0.1) is 11.8 Å². The summed E-state index contributed by atoms with van der Waals surface area (Å²) in [7, 11) is 0. The summed E-state index contributed by atoms with van der Waals surface area (Å²) >= 11 is 0. The van der Waals surface area contributed by atoms with Crippen LogP contribution in [-0.2, 0) is 9.59 Å². The van der Waals surface area contributed by atoms with Gasteiger partial charge in [0.15, 0.2) is 0 Å². The molecule has 0 saturated heterocycles. The highest BCUT2D eigenvalue weighted by Gasteiger charge is 2.25. The third kappa shape index (κ3) is 5.39. The van der Waals surface area contributed by atoms with Crippen molar-refractivity contribution in [1.82, 2.24) is 10.6 Å². The first-order chi connectivity index (χ1) is 11.1. The second-order valence-corrected chi connectivity index (χ2v) is 5.91. The number of hydrogen-bond acceptors (Lipinski definition) is 3. The first kappa shape index (κ1) is 17.0. The van der Waals surface area contributed by atoms with Crippen molar-refractivity contribution in [2.45, 2.75) is 25.7 Å². The summed E-state index contributed by atoms with van der Waals surface area (Å²) in [5.74, 6) is -1.15. The van der Waals surface area contributed by atoms with Crippen molar-refractivity contribution in [3.63, 3.8) is 0 Å². The SMILES string of the molecule is O=C(CNC(=O)c1ccccc1)NCC1CCC(C(=O)O)CC1. The van der Waals surface area contributed by atoms with Gasteiger partial charge in [0.05, 0.1) is 12.5 Å². The summed E-state index contributed by atoms with van der Waals surface area (Å²) in [5.41, 5.74) is 0.521. The number of amides is 2. The van der Waals surface area contributed by atoms with Gasteiger partial charge >= 0.3 is 5.97 Å². The predicted octanol–water partition coefficient (Wildman–Crippen LogP) is 1.42. The van der Waals surface area contributed by atoms with Crippen molar-refractivity contribution >= 4 is 17.8 Å². The third-order valence-corrected chi connectivity index (χ3v) is 4.23. The molecule has 1 saturated carbocycles. The molecule has 1 aromatic carbocycles. The number of carbonyl (C=O) groups excluding carboxylic acids is 2. The number of benzene rings is 1. The van der Waals surface area contributed by atoms with E-state index < -0.39 is 5.97 Å². The molecule has 0 spiro atoms. The molecule has 23 heavy (non-hydrogen) atoms. The number of hydrogen-bond donors (Lipinski definition) is 3. The van der Waals surface area contributed by atoms with Crippen LogP contribution < -0.4 is 10.6 Å². The lowest BCUT2D eigenvalue weighted by molar-refractivity contribution is -0.143. The van der Waals surface area contributed by atoms with E-state index in [2.05, 4.69) is 10.6 Å². The van der Waals surface area contributed by atoms with E-state index in [1.807, 2.05) is 6.07 Å². The zero-order valence-corrected chi connectivity index (χ0v) is 13.0. The Kier molecular flexibility index (Phi) is 6.14. The fourth-order valence-corrected chi connectivity index (χ4v) is 2.79. The zero-order chi connectivity index (χ0) is 16.7. The number of rotatable bonds is 6. The number of aliphatic carboxylic acids is 1. The topological polar surface area (TPSA) is 95.5 Å². The maximum atomic E-state index is 11.8. The van der Waals surface area contributed by atoms with Crippen molar-refractivity contribution < 1.29 is 19.5 Å². The highest BCUT2D eigenvalue weighted by Crippen LogP contribution is 2.28. The predicted molar refractivity (Wildman–Crippen MR) is 84.9 cm³/mol. The largest absolute Gasteiger partial charge is 0.481 e. The van der Waals surface area contributed by atoms with Crippen LogP contribution in [0.1, 0.15) is 36.0 Å². The fraction of sp³-hybridized carbons (Fsp3) is 0.471. The molecule has 124 valence electrons. The Labute approximate surface area is 135 Å². The van der Waals surface area contributed by atoms with Gasteiger partial charge in [-0.2, -0.15) is 0 Å². The Morgan fingerprint density at radius 1 is 1.00 bits per heavy atom. The number of nitrogens with one attached hydrogen (secondary N) is 2. The Bertz CT molecular complexity index is 551. The maximum absolute atomic E-state index is 11.8. The molecule has 6 heteroatoms. The molecule has 3 N–H and O–H groups in total. The first-order valence-electron chi connectivity index (χ1n) is 7.89. The fourth-order valence-electron chi connectivity index (χ4n) is 2.79. The maximum Gasteiger partial charge on any atom is 0.306 e. The van der Waals surface area contributed by atoms with Crippen molar-refractivity contribution in [3.8, 4) is 0 Å². The molecule has 0 aromatic heterocycles. The highest BCUT2D eigenvalue weighted by atomic mass is 16.4. The van der Waals surface area contributed by atoms with E-state index in [1.165, 1.54) is 0 Å². The standard InChI is InChI=1S/C17H22N2O4/c20-15(11-19-16(21)13-4-2-1-3-5-13)18-10-12-6-8-14(9-7-12)17(22)23/h1-5,12,14H,6-11H2,(H,18,20)(H,19,21)(H,22,23). The molecule has 0 bridgehead atoms. The summed E-state index contributed by atoms with van der Waals surface area (Å²) in [4.78, 5) is 34.5. The van der Waals surface area contributed by atoms with Gasteiger partial charge in [-0.15, -0.1) is 0 Å². The van der Waals surface area contributed by atoms with E-state index in [0.717, 1.165) is 12.8 Å². The average Bonchev–Trinajstić information content (AvgIpc) is 2.59. The first-order valence-corrected chi connectivity index (χ1v) is 7.89. The van der Waals surface area contributed by atoms with Crippen LogP contribution in [0.2, 0.25) is 0 Å². The van der Waals surface area contributed by atoms with Gasteiger partial charge < -0.3 is 15.7 Å². The zero-order valence-electron chi connectivity index (χ0n) is 13.0. The highest BCUT2D eigenvalue weighted by molar-refractivity contribution is 5.96. The number of carbonyl (C=O) groups is 3. The molecule has 0 unspecified atom stereocenters. The van der Waals surface area contributed by atoms with Crippen molar-refractivity contribution in [1.29, 1.82) is 0 Å².